The van der Waals surface area contributed by atoms with Crippen LogP contribution in [0, 0.1) is 28.8 Å². The van der Waals surface area contributed by atoms with E-state index in [0.717, 1.165) is 18.2 Å². The van der Waals surface area contributed by atoms with Crippen molar-refractivity contribution >= 4 is 35.9 Å². The Morgan fingerprint density at radius 3 is 2.57 bits per heavy atom. The first kappa shape index (κ1) is 38.6. The molecule has 0 aliphatic carbocycles. The molecule has 0 saturated carbocycles. The molecule has 0 bridgehead atoms. The van der Waals surface area contributed by atoms with E-state index in [1.807, 2.05) is 6.07 Å². The summed E-state index contributed by atoms with van der Waals surface area (Å²) in [5.74, 6) is -4.32. The maximum absolute atomic E-state index is 15.5. The third kappa shape index (κ3) is 11.4. The zero-order valence-electron chi connectivity index (χ0n) is 27.2. The summed E-state index contributed by atoms with van der Waals surface area (Å²) in [5, 5.41) is 20.5. The summed E-state index contributed by atoms with van der Waals surface area (Å²) in [6.07, 6.45) is 6.33. The minimum absolute atomic E-state index is 0.0159. The largest absolute Gasteiger partial charge is 0.512 e. The zero-order chi connectivity index (χ0) is 36.8. The van der Waals surface area contributed by atoms with Gasteiger partial charge in [0.2, 0.25) is 6.79 Å². The van der Waals surface area contributed by atoms with E-state index in [2.05, 4.69) is 10.1 Å². The number of carboxylic acid groups (broad SMARTS) is 1. The van der Waals surface area contributed by atoms with E-state index < -0.39 is 59.5 Å². The number of rotatable bonds is 16. The number of carbonyl (C=O) groups excluding carboxylic acids is 2. The Morgan fingerprint density at radius 1 is 1.12 bits per heavy atom. The average Bonchev–Trinajstić information content (AvgIpc) is 3.60. The highest BCUT2D eigenvalue weighted by Crippen LogP contribution is 2.42. The lowest BCUT2D eigenvalue weighted by Gasteiger charge is -2.40. The number of esters is 1. The number of nitriles is 1. The highest BCUT2D eigenvalue weighted by Gasteiger charge is 2.47. The first-order valence-corrected chi connectivity index (χ1v) is 16.4. The number of allylic oxidation sites excluding steroid dienone is 2. The predicted molar refractivity (Wildman–Crippen MR) is 174 cm³/mol. The van der Waals surface area contributed by atoms with Gasteiger partial charge in [-0.2, -0.15) is 10.4 Å². The van der Waals surface area contributed by atoms with Gasteiger partial charge in [-0.25, -0.2) is 27.6 Å². The van der Waals surface area contributed by atoms with Gasteiger partial charge in [0.1, 0.15) is 30.1 Å². The Bertz CT molecular complexity index is 1760. The van der Waals surface area contributed by atoms with E-state index in [9.17, 15) is 23.2 Å². The van der Waals surface area contributed by atoms with Crippen LogP contribution in [0.1, 0.15) is 42.9 Å². The Labute approximate surface area is 294 Å². The van der Waals surface area contributed by atoms with Crippen LogP contribution in [0.4, 0.5) is 18.0 Å². The maximum atomic E-state index is 15.5. The van der Waals surface area contributed by atoms with Crippen molar-refractivity contribution in [1.29, 1.82) is 5.26 Å². The fourth-order valence-electron chi connectivity index (χ4n) is 4.90. The molecule has 1 saturated heterocycles. The second kappa shape index (κ2) is 18.7. The molecule has 17 heteroatoms. The topological polar surface area (TPSA) is 172 Å². The molecule has 1 N–H and O–H groups in total. The minimum Gasteiger partial charge on any atom is -0.481 e. The van der Waals surface area contributed by atoms with Crippen LogP contribution < -0.4 is 0 Å². The monoisotopic (exact) mass is 730 g/mol. The van der Waals surface area contributed by atoms with Crippen molar-refractivity contribution in [2.75, 3.05) is 20.0 Å². The van der Waals surface area contributed by atoms with E-state index in [0.29, 0.717) is 11.6 Å². The maximum Gasteiger partial charge on any atom is 0.512 e. The van der Waals surface area contributed by atoms with Crippen LogP contribution in [0.5, 0.6) is 0 Å². The smallest absolute Gasteiger partial charge is 0.481 e. The number of ether oxygens (including phenoxy) is 5. The number of carbonyl (C=O) groups is 3. The molecule has 0 radical (unpaired) electrons. The zero-order valence-corrected chi connectivity index (χ0v) is 28.0. The summed E-state index contributed by atoms with van der Waals surface area (Å²) in [6, 6.07) is 8.79. The number of hydrogen-bond donors (Lipinski definition) is 1. The average molecular weight is 731 g/mol. The van der Waals surface area contributed by atoms with E-state index in [4.69, 9.17) is 34.1 Å². The van der Waals surface area contributed by atoms with Crippen molar-refractivity contribution in [2.45, 2.75) is 55.1 Å². The Hall–Kier alpha value is -5.18. The Balaban J connectivity index is 1.45. The van der Waals surface area contributed by atoms with Gasteiger partial charge in [0.25, 0.3) is 0 Å². The third-order valence-corrected chi connectivity index (χ3v) is 8.86. The van der Waals surface area contributed by atoms with E-state index in [1.54, 1.807) is 25.2 Å². The van der Waals surface area contributed by atoms with Crippen LogP contribution in [-0.2, 0) is 45.4 Å². The summed E-state index contributed by atoms with van der Waals surface area (Å²) in [4.78, 5) is 39.5. The summed E-state index contributed by atoms with van der Waals surface area (Å²) in [7, 11) is 0. The van der Waals surface area contributed by atoms with Gasteiger partial charge in [-0.15, -0.1) is 11.8 Å². The first-order valence-electron chi connectivity index (χ1n) is 15.4. The molecule has 2 unspecified atom stereocenters. The molecule has 2 aromatic carbocycles. The fraction of sp³-hybridized carbons (Fsp3) is 0.353. The van der Waals surface area contributed by atoms with Gasteiger partial charge in [0.05, 0.1) is 36.6 Å². The number of benzene rings is 2. The van der Waals surface area contributed by atoms with Crippen LogP contribution in [0.2, 0.25) is 0 Å². The number of halogens is 3. The molecule has 3 aromatic rings. The van der Waals surface area contributed by atoms with Crippen LogP contribution in [0.25, 0.3) is 6.08 Å². The Morgan fingerprint density at radius 2 is 1.90 bits per heavy atom. The molecule has 270 valence electrons. The van der Waals surface area contributed by atoms with Gasteiger partial charge in [0, 0.05) is 35.3 Å². The van der Waals surface area contributed by atoms with Crippen molar-refractivity contribution in [3.05, 3.63) is 101 Å². The predicted octanol–water partition coefficient (Wildman–Crippen LogP) is 5.50. The van der Waals surface area contributed by atoms with Gasteiger partial charge in [-0.1, -0.05) is 24.3 Å². The summed E-state index contributed by atoms with van der Waals surface area (Å²) < 4.78 is 72.3. The van der Waals surface area contributed by atoms with Crippen LogP contribution in [0.15, 0.2) is 67.3 Å². The number of hydrogen-bond acceptors (Lipinski definition) is 12. The summed E-state index contributed by atoms with van der Waals surface area (Å²) in [5.41, 5.74) is -1.60. The summed E-state index contributed by atoms with van der Waals surface area (Å²) >= 11 is 1.23. The number of nitrogens with zero attached hydrogens (tertiary/aromatic N) is 4. The molecule has 1 aliphatic rings. The lowest BCUT2D eigenvalue weighted by atomic mass is 9.89. The molecular weight excluding hydrogens is 697 g/mol. The third-order valence-electron chi connectivity index (χ3n) is 7.41. The molecule has 1 aromatic heterocycles. The van der Waals surface area contributed by atoms with Gasteiger partial charge in [-0.3, -0.25) is 9.59 Å². The van der Waals surface area contributed by atoms with Crippen molar-refractivity contribution in [2.24, 2.45) is 0 Å². The molecule has 13 nitrogen and oxygen atoms in total. The van der Waals surface area contributed by atoms with Crippen molar-refractivity contribution in [3.63, 3.8) is 0 Å². The molecule has 1 fully saturated rings. The van der Waals surface area contributed by atoms with Crippen molar-refractivity contribution in [1.82, 2.24) is 14.8 Å². The van der Waals surface area contributed by atoms with Crippen molar-refractivity contribution in [3.8, 4) is 6.07 Å². The van der Waals surface area contributed by atoms with Crippen LogP contribution in [-0.4, -0.2) is 74.8 Å². The molecule has 2 atom stereocenters. The fourth-order valence-corrected chi connectivity index (χ4v) is 6.26. The SMILES string of the molecule is CC(SC1COC(/C=C/C=C/c2ccc(C#N)cc2F)OC1)C(Cn1cncn1)(OC(=O)OCOC(=O)CCCC(=O)O)c1ccc(F)cc1F. The second-order valence-electron chi connectivity index (χ2n) is 11.0. The second-order valence-corrected chi connectivity index (χ2v) is 12.7. The first-order chi connectivity index (χ1) is 24.5. The lowest BCUT2D eigenvalue weighted by molar-refractivity contribution is -0.155. The van der Waals surface area contributed by atoms with E-state index in [-0.39, 0.29) is 55.4 Å². The van der Waals surface area contributed by atoms with Gasteiger partial charge in [0.15, 0.2) is 11.9 Å². The minimum atomic E-state index is -1.90. The van der Waals surface area contributed by atoms with Gasteiger partial charge < -0.3 is 28.8 Å². The van der Waals surface area contributed by atoms with Gasteiger partial charge in [-0.05, 0) is 43.7 Å². The molecule has 4 rings (SSSR count). The molecule has 0 spiro atoms. The summed E-state index contributed by atoms with van der Waals surface area (Å²) in [6.45, 7) is 0.810. The number of carboxylic acids is 1. The molecule has 51 heavy (non-hydrogen) atoms. The van der Waals surface area contributed by atoms with E-state index >= 15 is 4.39 Å². The number of thioether (sulfide) groups is 1. The molecular formula is C34H33F3N4O9S. The highest BCUT2D eigenvalue weighted by atomic mass is 32.2. The highest BCUT2D eigenvalue weighted by molar-refractivity contribution is 8.00. The molecule has 0 amide bonds. The van der Waals surface area contributed by atoms with Crippen molar-refractivity contribution < 1.29 is 56.3 Å². The molecule has 2 heterocycles. The van der Waals surface area contributed by atoms with Crippen LogP contribution in [0.3, 0.4) is 0 Å². The Kier molecular flexibility index (Phi) is 14.2. The lowest BCUT2D eigenvalue weighted by Crippen LogP contribution is -2.47. The standard InChI is InChI=1S/C34H33F3N4O9S/c1-22(51-26-16-46-32(47-17-26)8-3-2-5-24-10-9-23(15-38)13-28(24)36)34(18-41-20-39-19-40-41,27-12-11-25(35)14-29(27)37)50-33(45)49-21-48-31(44)7-4-6-30(42)43/h2-3,5,8-14,19-20,22,26,32H,4,6-7,16-18,21H2,1H3,(H,42,43)/b5-2+,8-3+. The van der Waals surface area contributed by atoms with E-state index in [1.165, 1.54) is 47.3 Å². The number of aromatic nitrogens is 3. The van der Waals surface area contributed by atoms with Gasteiger partial charge >= 0.3 is 18.1 Å². The molecule has 1 aliphatic heterocycles. The van der Waals surface area contributed by atoms with Crippen LogP contribution >= 0.6 is 11.8 Å². The quantitative estimate of drug-likeness (QED) is 0.111. The normalized spacial score (nSPS) is 17.8. The number of aliphatic carboxylic acids is 1.